The lowest BCUT2D eigenvalue weighted by Gasteiger charge is -2.31. The molecule has 5 rings (SSSR count). The van der Waals surface area contributed by atoms with Crippen molar-refractivity contribution in [3.8, 4) is 10.6 Å². The summed E-state index contributed by atoms with van der Waals surface area (Å²) in [5.74, 6) is 0.578. The van der Waals surface area contributed by atoms with Crippen molar-refractivity contribution >= 4 is 34.0 Å². The van der Waals surface area contributed by atoms with Gasteiger partial charge in [0.25, 0.3) is 0 Å². The lowest BCUT2D eigenvalue weighted by molar-refractivity contribution is 0.161. The van der Waals surface area contributed by atoms with Gasteiger partial charge in [-0.2, -0.15) is 0 Å². The number of likely N-dealkylation sites (tertiary alicyclic amines) is 2. The van der Waals surface area contributed by atoms with Gasteiger partial charge in [0, 0.05) is 42.3 Å². The summed E-state index contributed by atoms with van der Waals surface area (Å²) in [5.41, 5.74) is 1.02. The number of nitrogens with zero attached hydrogens (tertiary/aromatic N) is 5. The molecular formula is C19H20N6OS. The number of aryl methyl sites for hydroxylation is 1. The third-order valence-corrected chi connectivity index (χ3v) is 6.39. The van der Waals surface area contributed by atoms with Gasteiger partial charge in [-0.3, -0.25) is 10.2 Å². The van der Waals surface area contributed by atoms with Gasteiger partial charge in [-0.15, -0.1) is 10.2 Å². The summed E-state index contributed by atoms with van der Waals surface area (Å²) in [6.07, 6.45) is 2.86. The molecule has 2 bridgehead atoms. The van der Waals surface area contributed by atoms with Crippen LogP contribution in [0, 0.1) is 6.92 Å². The number of hydrogen-bond donors (Lipinski definition) is 1. The molecule has 0 spiro atoms. The van der Waals surface area contributed by atoms with Gasteiger partial charge in [0.05, 0.1) is 0 Å². The number of carbonyl (C=O) groups is 1. The first-order valence-electron chi connectivity index (χ1n) is 9.05. The van der Waals surface area contributed by atoms with Gasteiger partial charge in [-0.05, 0) is 37.9 Å². The van der Waals surface area contributed by atoms with E-state index in [1.165, 1.54) is 0 Å². The fraction of sp³-hybridized carbons (Fsp3) is 0.368. The predicted molar refractivity (Wildman–Crippen MR) is 106 cm³/mol. The van der Waals surface area contributed by atoms with Crippen molar-refractivity contribution < 1.29 is 4.79 Å². The molecule has 2 amide bonds. The Bertz CT molecular complexity index is 1030. The van der Waals surface area contributed by atoms with Gasteiger partial charge < -0.3 is 4.90 Å². The topological polar surface area (TPSA) is 74.2 Å². The Labute approximate surface area is 161 Å². The number of pyridine rings is 1. The minimum absolute atomic E-state index is 0.0571. The molecule has 2 unspecified atom stereocenters. The van der Waals surface area contributed by atoms with Gasteiger partial charge in [0.2, 0.25) is 0 Å². The Hall–Kier alpha value is -2.58. The molecule has 2 aliphatic rings. The summed E-state index contributed by atoms with van der Waals surface area (Å²) in [6.45, 7) is 3.69. The van der Waals surface area contributed by atoms with Gasteiger partial charge in [0.15, 0.2) is 0 Å². The number of carbonyl (C=O) groups excluding carboxylic acids is 1. The molecule has 138 valence electrons. The van der Waals surface area contributed by atoms with Crippen LogP contribution in [0.1, 0.15) is 11.4 Å². The molecule has 7 nitrogen and oxygen atoms in total. The summed E-state index contributed by atoms with van der Waals surface area (Å²) >= 11 is 1.57. The second-order valence-corrected chi connectivity index (χ2v) is 8.50. The highest BCUT2D eigenvalue weighted by molar-refractivity contribution is 7.14. The first-order valence-corrected chi connectivity index (χ1v) is 9.86. The van der Waals surface area contributed by atoms with E-state index in [2.05, 4.69) is 38.5 Å². The first-order chi connectivity index (χ1) is 13.1. The lowest BCUT2D eigenvalue weighted by atomic mass is 10.1. The van der Waals surface area contributed by atoms with Gasteiger partial charge in [-0.1, -0.05) is 23.5 Å². The van der Waals surface area contributed by atoms with E-state index in [1.54, 1.807) is 17.5 Å². The van der Waals surface area contributed by atoms with E-state index >= 15 is 0 Å². The van der Waals surface area contributed by atoms with E-state index in [0.29, 0.717) is 17.9 Å². The SMILES string of the molecule is Cc1nnc(-c2ccc3cnc(NC(=O)N4CC5CC4CN5C)cc3c2)s1. The molecule has 27 heavy (non-hydrogen) atoms. The van der Waals surface area contributed by atoms with Crippen molar-refractivity contribution in [1.29, 1.82) is 0 Å². The zero-order chi connectivity index (χ0) is 18.5. The minimum atomic E-state index is -0.0571. The van der Waals surface area contributed by atoms with Gasteiger partial charge in [-0.25, -0.2) is 9.78 Å². The van der Waals surface area contributed by atoms with Crippen molar-refractivity contribution in [1.82, 2.24) is 25.0 Å². The summed E-state index contributed by atoms with van der Waals surface area (Å²) in [6, 6.07) is 8.79. The maximum Gasteiger partial charge on any atom is 0.323 e. The smallest absolute Gasteiger partial charge is 0.319 e. The Balaban J connectivity index is 1.38. The molecule has 8 heteroatoms. The van der Waals surface area contributed by atoms with Crippen LogP contribution in [-0.4, -0.2) is 63.2 Å². The summed E-state index contributed by atoms with van der Waals surface area (Å²) in [7, 11) is 2.13. The fourth-order valence-electron chi connectivity index (χ4n) is 4.05. The quantitative estimate of drug-likeness (QED) is 0.740. The summed E-state index contributed by atoms with van der Waals surface area (Å²) < 4.78 is 0. The van der Waals surface area contributed by atoms with E-state index in [4.69, 9.17) is 0 Å². The number of hydrogen-bond acceptors (Lipinski definition) is 6. The predicted octanol–water partition coefficient (Wildman–Crippen LogP) is 2.98. The number of fused-ring (bicyclic) bond motifs is 3. The Morgan fingerprint density at radius 2 is 2.07 bits per heavy atom. The van der Waals surface area contributed by atoms with Crippen LogP contribution >= 0.6 is 11.3 Å². The number of likely N-dealkylation sites (N-methyl/N-ethyl adjacent to an activating group) is 1. The summed E-state index contributed by atoms with van der Waals surface area (Å²) in [4.78, 5) is 21.4. The first kappa shape index (κ1) is 16.6. The van der Waals surface area contributed by atoms with Crippen molar-refractivity contribution in [2.24, 2.45) is 0 Å². The molecule has 4 heterocycles. The van der Waals surface area contributed by atoms with Crippen LogP contribution in [0.4, 0.5) is 10.6 Å². The number of nitrogens with one attached hydrogen (secondary N) is 1. The maximum absolute atomic E-state index is 12.7. The number of amides is 2. The molecule has 2 aliphatic heterocycles. The van der Waals surface area contributed by atoms with E-state index < -0.39 is 0 Å². The highest BCUT2D eigenvalue weighted by Gasteiger charge is 2.43. The Morgan fingerprint density at radius 3 is 2.78 bits per heavy atom. The zero-order valence-electron chi connectivity index (χ0n) is 15.2. The van der Waals surface area contributed by atoms with Crippen molar-refractivity contribution in [2.45, 2.75) is 25.4 Å². The average Bonchev–Trinajstić information content (AvgIpc) is 3.36. The second-order valence-electron chi connectivity index (χ2n) is 7.32. The highest BCUT2D eigenvalue weighted by Crippen LogP contribution is 2.30. The molecule has 2 aromatic heterocycles. The number of piperazine rings is 1. The molecule has 1 N–H and O–H groups in total. The zero-order valence-corrected chi connectivity index (χ0v) is 16.0. The van der Waals surface area contributed by atoms with Crippen LogP contribution in [0.2, 0.25) is 0 Å². The number of urea groups is 1. The minimum Gasteiger partial charge on any atom is -0.319 e. The van der Waals surface area contributed by atoms with E-state index in [-0.39, 0.29) is 6.03 Å². The number of aromatic nitrogens is 3. The van der Waals surface area contributed by atoms with Crippen LogP contribution in [0.25, 0.3) is 21.3 Å². The van der Waals surface area contributed by atoms with Crippen LogP contribution in [0.3, 0.4) is 0 Å². The molecule has 2 fully saturated rings. The van der Waals surface area contributed by atoms with Gasteiger partial charge in [0.1, 0.15) is 15.8 Å². The van der Waals surface area contributed by atoms with Gasteiger partial charge >= 0.3 is 6.03 Å². The molecule has 3 aromatic rings. The van der Waals surface area contributed by atoms with Crippen molar-refractivity contribution in [3.05, 3.63) is 35.5 Å². The fourth-order valence-corrected chi connectivity index (χ4v) is 4.74. The number of rotatable bonds is 2. The number of benzene rings is 1. The highest BCUT2D eigenvalue weighted by atomic mass is 32.1. The van der Waals surface area contributed by atoms with E-state index in [9.17, 15) is 4.79 Å². The monoisotopic (exact) mass is 380 g/mol. The largest absolute Gasteiger partial charge is 0.323 e. The van der Waals surface area contributed by atoms with Crippen molar-refractivity contribution in [2.75, 3.05) is 25.5 Å². The van der Waals surface area contributed by atoms with Crippen molar-refractivity contribution in [3.63, 3.8) is 0 Å². The Morgan fingerprint density at radius 1 is 1.19 bits per heavy atom. The van der Waals surface area contributed by atoms with Crippen LogP contribution < -0.4 is 5.32 Å². The van der Waals surface area contributed by atoms with Crippen LogP contribution in [-0.2, 0) is 0 Å². The van der Waals surface area contributed by atoms with Crippen LogP contribution in [0.15, 0.2) is 30.5 Å². The van der Waals surface area contributed by atoms with E-state index in [0.717, 1.165) is 45.9 Å². The molecule has 0 radical (unpaired) electrons. The molecular weight excluding hydrogens is 360 g/mol. The lowest BCUT2D eigenvalue weighted by Crippen LogP contribution is -2.48. The summed E-state index contributed by atoms with van der Waals surface area (Å²) in [5, 5.41) is 15.2. The molecule has 0 aliphatic carbocycles. The third kappa shape index (κ3) is 2.94. The maximum atomic E-state index is 12.7. The van der Waals surface area contributed by atoms with Crippen LogP contribution in [0.5, 0.6) is 0 Å². The second kappa shape index (κ2) is 6.24. The average molecular weight is 380 g/mol. The van der Waals surface area contributed by atoms with E-state index in [1.807, 2.05) is 30.0 Å². The Kier molecular flexibility index (Phi) is 3.84. The third-order valence-electron chi connectivity index (χ3n) is 5.51. The molecule has 1 aromatic carbocycles. The molecule has 0 saturated carbocycles. The standard InChI is InChI=1S/C19H20N6OS/c1-11-22-23-18(27-11)12-3-4-13-8-20-17(6-14(13)5-12)21-19(26)25-10-15-7-16(25)9-24(15)2/h3-6,8,15-16H,7,9-10H2,1-2H3,(H,20,21,26). The normalized spacial score (nSPS) is 21.9. The molecule has 2 atom stereocenters. The number of anilines is 1. The molecule has 2 saturated heterocycles.